The Morgan fingerprint density at radius 2 is 0.481 bits per heavy atom. The maximum absolute atomic E-state index is 12.5. The topological polar surface area (TPSA) is 69.6 Å². The van der Waals surface area contributed by atoms with E-state index in [1.165, 1.54) is 372 Å². The maximum atomic E-state index is 12.5. The van der Waals surface area contributed by atoms with E-state index in [1.54, 1.807) is 6.08 Å². The highest BCUT2D eigenvalue weighted by Crippen LogP contribution is 2.20. The zero-order chi connectivity index (χ0) is 58.4. The van der Waals surface area contributed by atoms with Crippen molar-refractivity contribution < 1.29 is 15.0 Å². The first kappa shape index (κ1) is 79.6. The van der Waals surface area contributed by atoms with Crippen LogP contribution in [0.15, 0.2) is 36.5 Å². The van der Waals surface area contributed by atoms with Crippen molar-refractivity contribution in [2.75, 3.05) is 6.61 Å². The van der Waals surface area contributed by atoms with Crippen LogP contribution in [0.2, 0.25) is 0 Å². The fourth-order valence-corrected chi connectivity index (χ4v) is 12.2. The van der Waals surface area contributed by atoms with Crippen LogP contribution in [-0.2, 0) is 4.79 Å². The molecule has 0 saturated carbocycles. The number of hydrogen-bond acceptors (Lipinski definition) is 3. The van der Waals surface area contributed by atoms with Gasteiger partial charge in [0.2, 0.25) is 5.91 Å². The van der Waals surface area contributed by atoms with Gasteiger partial charge >= 0.3 is 0 Å². The van der Waals surface area contributed by atoms with E-state index in [9.17, 15) is 15.0 Å². The van der Waals surface area contributed by atoms with E-state index in [0.29, 0.717) is 6.42 Å². The van der Waals surface area contributed by atoms with E-state index in [4.69, 9.17) is 0 Å². The highest BCUT2D eigenvalue weighted by atomic mass is 16.3. The number of aliphatic hydroxyl groups excluding tert-OH is 2. The molecule has 0 aliphatic heterocycles. The Kier molecular flexibility index (Phi) is 71.6. The zero-order valence-corrected chi connectivity index (χ0v) is 55.6. The molecule has 4 heteroatoms. The molecule has 480 valence electrons. The Balaban J connectivity index is 3.42. The van der Waals surface area contributed by atoms with Crippen LogP contribution < -0.4 is 5.32 Å². The second-order valence-corrected chi connectivity index (χ2v) is 26.1. The number of allylic oxidation sites excluding steroid dienone is 5. The number of rotatable bonds is 71. The third kappa shape index (κ3) is 69.3. The summed E-state index contributed by atoms with van der Waals surface area (Å²) < 4.78 is 0. The smallest absolute Gasteiger partial charge is 0.220 e. The molecule has 2 atom stereocenters. The van der Waals surface area contributed by atoms with Gasteiger partial charge in [0.15, 0.2) is 0 Å². The molecule has 0 bridgehead atoms. The molecular weight excluding hydrogens is 987 g/mol. The average Bonchev–Trinajstić information content (AvgIpc) is 3.47. The number of carbonyl (C=O) groups is 1. The third-order valence-corrected chi connectivity index (χ3v) is 17.9. The molecule has 0 radical (unpaired) electrons. The molecule has 0 heterocycles. The van der Waals surface area contributed by atoms with E-state index in [0.717, 1.165) is 38.5 Å². The predicted octanol–water partition coefficient (Wildman–Crippen LogP) is 25.9. The predicted molar refractivity (Wildman–Crippen MR) is 364 cm³/mol. The quantitative estimate of drug-likeness (QED) is 0.0420. The highest BCUT2D eigenvalue weighted by Gasteiger charge is 2.18. The minimum Gasteiger partial charge on any atom is -0.394 e. The molecule has 0 spiro atoms. The summed E-state index contributed by atoms with van der Waals surface area (Å²) >= 11 is 0. The van der Waals surface area contributed by atoms with Crippen molar-refractivity contribution >= 4 is 5.91 Å². The van der Waals surface area contributed by atoms with Gasteiger partial charge in [-0.3, -0.25) is 4.79 Å². The number of amides is 1. The maximum Gasteiger partial charge on any atom is 0.220 e. The third-order valence-electron chi connectivity index (χ3n) is 17.9. The molecule has 0 saturated heterocycles. The van der Waals surface area contributed by atoms with Gasteiger partial charge in [-0.25, -0.2) is 0 Å². The largest absolute Gasteiger partial charge is 0.394 e. The summed E-state index contributed by atoms with van der Waals surface area (Å²) in [4.78, 5) is 12.5. The molecule has 0 aromatic heterocycles. The van der Waals surface area contributed by atoms with Crippen molar-refractivity contribution in [3.05, 3.63) is 36.5 Å². The minimum atomic E-state index is -0.871. The molecule has 0 aliphatic carbocycles. The van der Waals surface area contributed by atoms with Gasteiger partial charge in [-0.15, -0.1) is 0 Å². The monoisotopic (exact) mass is 1140 g/mol. The summed E-state index contributed by atoms with van der Waals surface area (Å²) in [5, 5.41) is 23.3. The van der Waals surface area contributed by atoms with Crippen LogP contribution in [0.3, 0.4) is 0 Å². The van der Waals surface area contributed by atoms with Gasteiger partial charge in [0.05, 0.1) is 18.8 Å². The Morgan fingerprint density at radius 3 is 0.716 bits per heavy atom. The van der Waals surface area contributed by atoms with Crippen LogP contribution in [0.1, 0.15) is 431 Å². The SMILES string of the molecule is CCCCCCCCCCCCCCCCCCCCCC/C=C/CC/C=C/CC/C=C/C(O)C(CO)NC(=O)CCCCCCCCCCCCCCCCCCCCCCCCCCCCCCCCCCCCCCCCC. The Morgan fingerprint density at radius 1 is 0.284 bits per heavy atom. The van der Waals surface area contributed by atoms with E-state index in [2.05, 4.69) is 43.5 Å². The van der Waals surface area contributed by atoms with Crippen molar-refractivity contribution in [3.63, 3.8) is 0 Å². The number of nitrogens with one attached hydrogen (secondary N) is 1. The van der Waals surface area contributed by atoms with Crippen molar-refractivity contribution in [2.45, 2.75) is 443 Å². The van der Waals surface area contributed by atoms with E-state index >= 15 is 0 Å². The van der Waals surface area contributed by atoms with Crippen molar-refractivity contribution in [3.8, 4) is 0 Å². The molecular formula is C77H149NO3. The molecule has 81 heavy (non-hydrogen) atoms. The van der Waals surface area contributed by atoms with E-state index in [1.807, 2.05) is 6.08 Å². The molecule has 0 aromatic rings. The van der Waals surface area contributed by atoms with Crippen LogP contribution in [0.25, 0.3) is 0 Å². The van der Waals surface area contributed by atoms with Gasteiger partial charge in [0, 0.05) is 6.42 Å². The Labute approximate surface area is 510 Å². The molecule has 0 rings (SSSR count). The first-order valence-corrected chi connectivity index (χ1v) is 37.7. The Hall–Kier alpha value is -1.39. The fourth-order valence-electron chi connectivity index (χ4n) is 12.2. The first-order valence-electron chi connectivity index (χ1n) is 37.7. The normalized spacial score (nSPS) is 12.8. The van der Waals surface area contributed by atoms with Gasteiger partial charge < -0.3 is 15.5 Å². The van der Waals surface area contributed by atoms with Crippen molar-refractivity contribution in [1.82, 2.24) is 5.32 Å². The number of hydrogen-bond donors (Lipinski definition) is 3. The standard InChI is InChI=1S/C77H149NO3/c1-3-5-7-9-11-13-15-17-19-21-23-25-27-29-31-33-35-36-37-38-39-40-41-42-43-45-47-49-51-53-55-57-59-61-63-65-67-69-71-73-77(81)78-75(74-79)76(80)72-70-68-66-64-62-60-58-56-54-52-50-48-46-44-34-32-30-28-26-24-22-20-18-16-14-12-10-8-6-4-2/h54,56,62,64,70,72,75-76,79-80H,3-53,55,57-61,63,65-69,71,73-74H2,1-2H3,(H,78,81)/b56-54+,64-62+,72-70+. The molecule has 0 fully saturated rings. The van der Waals surface area contributed by atoms with Gasteiger partial charge in [-0.05, 0) is 44.9 Å². The number of unbranched alkanes of at least 4 members (excludes halogenated alkanes) is 60. The molecule has 0 aliphatic rings. The molecule has 2 unspecified atom stereocenters. The second kappa shape index (κ2) is 72.9. The first-order chi connectivity index (χ1) is 40.2. The van der Waals surface area contributed by atoms with Gasteiger partial charge in [-0.2, -0.15) is 0 Å². The molecule has 4 nitrogen and oxygen atoms in total. The summed E-state index contributed by atoms with van der Waals surface area (Å²) in [5.41, 5.74) is 0. The molecule has 0 aromatic carbocycles. The minimum absolute atomic E-state index is 0.0687. The lowest BCUT2D eigenvalue weighted by Crippen LogP contribution is -2.45. The number of aliphatic hydroxyl groups is 2. The highest BCUT2D eigenvalue weighted by molar-refractivity contribution is 5.76. The van der Waals surface area contributed by atoms with Crippen LogP contribution in [0.5, 0.6) is 0 Å². The van der Waals surface area contributed by atoms with Gasteiger partial charge in [-0.1, -0.05) is 416 Å². The van der Waals surface area contributed by atoms with Crippen LogP contribution >= 0.6 is 0 Å². The fraction of sp³-hybridized carbons (Fsp3) is 0.909. The van der Waals surface area contributed by atoms with Crippen LogP contribution in [-0.4, -0.2) is 34.9 Å². The van der Waals surface area contributed by atoms with E-state index < -0.39 is 12.1 Å². The van der Waals surface area contributed by atoms with Crippen LogP contribution in [0.4, 0.5) is 0 Å². The molecule has 1 amide bonds. The number of carbonyl (C=O) groups excluding carboxylic acids is 1. The summed E-state index contributed by atoms with van der Waals surface area (Å²) in [6.07, 6.45) is 101. The lowest BCUT2D eigenvalue weighted by atomic mass is 10.0. The van der Waals surface area contributed by atoms with Gasteiger partial charge in [0.1, 0.15) is 0 Å². The summed E-state index contributed by atoms with van der Waals surface area (Å²) in [6, 6.07) is -0.646. The summed E-state index contributed by atoms with van der Waals surface area (Å²) in [6.45, 7) is 4.35. The average molecular weight is 1140 g/mol. The second-order valence-electron chi connectivity index (χ2n) is 26.1. The van der Waals surface area contributed by atoms with Crippen LogP contribution in [0, 0.1) is 0 Å². The van der Waals surface area contributed by atoms with E-state index in [-0.39, 0.29) is 12.5 Å². The zero-order valence-electron chi connectivity index (χ0n) is 55.6. The van der Waals surface area contributed by atoms with Gasteiger partial charge in [0.25, 0.3) is 0 Å². The van der Waals surface area contributed by atoms with Crippen molar-refractivity contribution in [1.29, 1.82) is 0 Å². The lowest BCUT2D eigenvalue weighted by Gasteiger charge is -2.19. The molecule has 3 N–H and O–H groups in total. The summed E-state index contributed by atoms with van der Waals surface area (Å²) in [5.74, 6) is -0.0687. The Bertz CT molecular complexity index is 1240. The van der Waals surface area contributed by atoms with Crippen molar-refractivity contribution in [2.24, 2.45) is 0 Å². The summed E-state index contributed by atoms with van der Waals surface area (Å²) in [7, 11) is 0. The lowest BCUT2D eigenvalue weighted by molar-refractivity contribution is -0.123.